The molecule has 0 unspecified atom stereocenters. The highest BCUT2D eigenvalue weighted by molar-refractivity contribution is 9.10. The maximum atomic E-state index is 10.8. The third-order valence-corrected chi connectivity index (χ3v) is 1.89. The smallest absolute Gasteiger partial charge is 0.288 e. The van der Waals surface area contributed by atoms with E-state index in [-0.39, 0.29) is 10.3 Å². The molecule has 0 fully saturated rings. The fourth-order valence-corrected chi connectivity index (χ4v) is 1.65. The summed E-state index contributed by atoms with van der Waals surface area (Å²) in [6.07, 6.45) is 0. The minimum atomic E-state index is 0.0550. The lowest BCUT2D eigenvalue weighted by atomic mass is 10.5. The van der Waals surface area contributed by atoms with Crippen molar-refractivity contribution in [3.63, 3.8) is 0 Å². The van der Waals surface area contributed by atoms with Gasteiger partial charge in [0, 0.05) is 16.6 Å². The first kappa shape index (κ1) is 8.11. The maximum Gasteiger partial charge on any atom is 0.288 e. The van der Waals surface area contributed by atoms with E-state index < -0.39 is 0 Å². The summed E-state index contributed by atoms with van der Waals surface area (Å²) in [5.41, 5.74) is 0. The van der Waals surface area contributed by atoms with Crippen LogP contribution in [0.2, 0.25) is 10.3 Å². The molecule has 54 valence electrons. The molecule has 0 bridgehead atoms. The van der Waals surface area contributed by atoms with E-state index in [1.54, 1.807) is 0 Å². The highest BCUT2D eigenvalue weighted by atomic mass is 79.9. The fraction of sp³-hybridized carbons (Fsp3) is 0. The summed E-state index contributed by atoms with van der Waals surface area (Å²) < 4.78 is 1.13. The van der Waals surface area contributed by atoms with Crippen LogP contribution < -0.4 is 4.73 Å². The van der Waals surface area contributed by atoms with Gasteiger partial charge >= 0.3 is 0 Å². The minimum absolute atomic E-state index is 0.0550. The average Bonchev–Trinajstić information content (AvgIpc) is 1.82. The number of halogens is 3. The molecule has 0 aromatic carbocycles. The van der Waals surface area contributed by atoms with Crippen molar-refractivity contribution in [3.8, 4) is 0 Å². The molecule has 0 aliphatic heterocycles. The molecule has 0 saturated heterocycles. The van der Waals surface area contributed by atoms with Crippen molar-refractivity contribution in [3.05, 3.63) is 32.1 Å². The Morgan fingerprint density at radius 1 is 1.30 bits per heavy atom. The first-order valence-electron chi connectivity index (χ1n) is 2.35. The second kappa shape index (κ2) is 2.95. The van der Waals surface area contributed by atoms with E-state index in [0.29, 0.717) is 9.20 Å². The number of rotatable bonds is 0. The molecular formula is C5H2BrCl2NO. The number of hydrogen-bond acceptors (Lipinski definition) is 1. The van der Waals surface area contributed by atoms with Crippen LogP contribution >= 0.6 is 39.1 Å². The van der Waals surface area contributed by atoms with Crippen LogP contribution in [-0.4, -0.2) is 0 Å². The lowest BCUT2D eigenvalue weighted by Gasteiger charge is -1.99. The van der Waals surface area contributed by atoms with Crippen molar-refractivity contribution in [1.82, 2.24) is 0 Å². The van der Waals surface area contributed by atoms with Crippen LogP contribution in [0.1, 0.15) is 0 Å². The van der Waals surface area contributed by atoms with Crippen molar-refractivity contribution in [1.29, 1.82) is 0 Å². The number of nitrogens with zero attached hydrogens (tertiary/aromatic N) is 1. The molecule has 0 radical (unpaired) electrons. The van der Waals surface area contributed by atoms with Gasteiger partial charge in [-0.15, -0.1) is 4.73 Å². The van der Waals surface area contributed by atoms with Gasteiger partial charge in [0.2, 0.25) is 0 Å². The van der Waals surface area contributed by atoms with Gasteiger partial charge in [-0.3, -0.25) is 0 Å². The molecule has 1 rings (SSSR count). The van der Waals surface area contributed by atoms with Gasteiger partial charge in [-0.2, -0.15) is 0 Å². The van der Waals surface area contributed by atoms with E-state index in [9.17, 15) is 5.21 Å². The summed E-state index contributed by atoms with van der Waals surface area (Å²) in [4.78, 5) is 0. The van der Waals surface area contributed by atoms with Crippen molar-refractivity contribution >= 4 is 39.1 Å². The zero-order chi connectivity index (χ0) is 7.72. The van der Waals surface area contributed by atoms with Crippen molar-refractivity contribution < 1.29 is 4.73 Å². The first-order chi connectivity index (χ1) is 4.61. The van der Waals surface area contributed by atoms with Crippen LogP contribution in [0, 0.1) is 5.21 Å². The predicted molar refractivity (Wildman–Crippen MR) is 43.1 cm³/mol. The summed E-state index contributed by atoms with van der Waals surface area (Å²) >= 11 is 14.0. The number of pyridine rings is 1. The molecular weight excluding hydrogens is 241 g/mol. The zero-order valence-corrected chi connectivity index (χ0v) is 7.74. The Labute approximate surface area is 76.1 Å². The van der Waals surface area contributed by atoms with Gasteiger partial charge in [0.25, 0.3) is 10.3 Å². The van der Waals surface area contributed by atoms with E-state index in [0.717, 1.165) is 0 Å². The molecule has 1 aromatic heterocycles. The molecule has 0 amide bonds. The van der Waals surface area contributed by atoms with Gasteiger partial charge in [-0.1, -0.05) is 15.9 Å². The summed E-state index contributed by atoms with van der Waals surface area (Å²) in [5.74, 6) is 0. The molecule has 1 aromatic rings. The van der Waals surface area contributed by atoms with Crippen LogP contribution in [0.15, 0.2) is 16.6 Å². The quantitative estimate of drug-likeness (QED) is 0.390. The van der Waals surface area contributed by atoms with E-state index in [1.165, 1.54) is 12.1 Å². The molecule has 2 nitrogen and oxygen atoms in total. The molecule has 1 heterocycles. The Morgan fingerprint density at radius 3 is 2.10 bits per heavy atom. The lowest BCUT2D eigenvalue weighted by molar-refractivity contribution is -0.600. The van der Waals surface area contributed by atoms with Crippen molar-refractivity contribution in [2.24, 2.45) is 0 Å². The third-order valence-electron chi connectivity index (χ3n) is 0.902. The van der Waals surface area contributed by atoms with E-state index in [1.807, 2.05) is 0 Å². The Kier molecular flexibility index (Phi) is 2.39. The van der Waals surface area contributed by atoms with Gasteiger partial charge in [0.1, 0.15) is 0 Å². The summed E-state index contributed by atoms with van der Waals surface area (Å²) in [6.45, 7) is 0. The molecule has 5 heteroatoms. The Morgan fingerprint density at radius 2 is 1.70 bits per heavy atom. The highest BCUT2D eigenvalue weighted by Gasteiger charge is 2.07. The van der Waals surface area contributed by atoms with E-state index in [2.05, 4.69) is 15.9 Å². The molecule has 0 aliphatic carbocycles. The van der Waals surface area contributed by atoms with Gasteiger partial charge in [0.05, 0.1) is 0 Å². The third kappa shape index (κ3) is 1.54. The second-order valence-corrected chi connectivity index (χ2v) is 3.30. The molecule has 0 atom stereocenters. The average molecular weight is 243 g/mol. The first-order valence-corrected chi connectivity index (χ1v) is 3.90. The normalized spacial score (nSPS) is 9.90. The van der Waals surface area contributed by atoms with Crippen LogP contribution in [0.5, 0.6) is 0 Å². The van der Waals surface area contributed by atoms with Gasteiger partial charge in [-0.05, 0) is 23.2 Å². The Balaban J connectivity index is 3.31. The van der Waals surface area contributed by atoms with Crippen LogP contribution in [0.25, 0.3) is 0 Å². The maximum absolute atomic E-state index is 10.8. The topological polar surface area (TPSA) is 26.9 Å². The largest absolute Gasteiger partial charge is 0.617 e. The van der Waals surface area contributed by atoms with Crippen LogP contribution in [-0.2, 0) is 0 Å². The summed E-state index contributed by atoms with van der Waals surface area (Å²) in [5, 5.41) is 10.9. The number of aromatic nitrogens is 1. The molecule has 0 saturated carbocycles. The Bertz CT molecular complexity index is 243. The Hall–Kier alpha value is 0.01000. The van der Waals surface area contributed by atoms with E-state index in [4.69, 9.17) is 23.2 Å². The molecule has 0 spiro atoms. The second-order valence-electron chi connectivity index (χ2n) is 1.61. The molecule has 10 heavy (non-hydrogen) atoms. The zero-order valence-electron chi connectivity index (χ0n) is 4.64. The highest BCUT2D eigenvalue weighted by Crippen LogP contribution is 2.16. The summed E-state index contributed by atoms with van der Waals surface area (Å²) in [7, 11) is 0. The van der Waals surface area contributed by atoms with Crippen LogP contribution in [0.3, 0.4) is 0 Å². The van der Waals surface area contributed by atoms with E-state index >= 15 is 0 Å². The fourth-order valence-electron chi connectivity index (χ4n) is 0.489. The number of hydrogen-bond donors (Lipinski definition) is 0. The van der Waals surface area contributed by atoms with Crippen molar-refractivity contribution in [2.75, 3.05) is 0 Å². The minimum Gasteiger partial charge on any atom is -0.617 e. The van der Waals surface area contributed by atoms with Crippen LogP contribution in [0.4, 0.5) is 0 Å². The van der Waals surface area contributed by atoms with Gasteiger partial charge < -0.3 is 5.21 Å². The summed E-state index contributed by atoms with van der Waals surface area (Å²) in [6, 6.07) is 2.95. The van der Waals surface area contributed by atoms with Crippen molar-refractivity contribution in [2.45, 2.75) is 0 Å². The monoisotopic (exact) mass is 241 g/mol. The SMILES string of the molecule is [O-][n+]1c(Cl)cc(Br)cc1Cl. The predicted octanol–water partition coefficient (Wildman–Crippen LogP) is 2.39. The molecule has 0 N–H and O–H groups in total. The molecule has 0 aliphatic rings. The lowest BCUT2D eigenvalue weighted by Crippen LogP contribution is -2.28. The standard InChI is InChI=1S/C5H2BrCl2NO/c6-3-1-4(7)9(10)5(8)2-3/h1-2H. The van der Waals surface area contributed by atoms with Gasteiger partial charge in [0.15, 0.2) is 0 Å². The van der Waals surface area contributed by atoms with Gasteiger partial charge in [-0.25, -0.2) is 0 Å².